The SMILES string of the molecule is CC(C)C(NC(=O)Nc1ccccc1)C(=O)N(C)c1nc2ccccc2s1. The van der Waals surface area contributed by atoms with Crippen LogP contribution in [-0.4, -0.2) is 30.0 Å². The number of amides is 3. The Morgan fingerprint density at radius 1 is 1.04 bits per heavy atom. The Bertz CT molecular complexity index is 906. The van der Waals surface area contributed by atoms with Gasteiger partial charge in [0.15, 0.2) is 5.13 Å². The van der Waals surface area contributed by atoms with E-state index in [0.717, 1.165) is 10.2 Å². The van der Waals surface area contributed by atoms with E-state index in [-0.39, 0.29) is 11.8 Å². The molecule has 0 aliphatic carbocycles. The van der Waals surface area contributed by atoms with Crippen molar-refractivity contribution in [3.8, 4) is 0 Å². The minimum atomic E-state index is -0.661. The summed E-state index contributed by atoms with van der Waals surface area (Å²) < 4.78 is 1.02. The lowest BCUT2D eigenvalue weighted by Crippen LogP contribution is -2.51. The number of carbonyl (C=O) groups is 2. The maximum atomic E-state index is 13.0. The van der Waals surface area contributed by atoms with Crippen LogP contribution in [0.1, 0.15) is 13.8 Å². The zero-order chi connectivity index (χ0) is 19.4. The third-order valence-electron chi connectivity index (χ3n) is 4.15. The highest BCUT2D eigenvalue weighted by atomic mass is 32.1. The van der Waals surface area contributed by atoms with Crippen LogP contribution in [0.15, 0.2) is 54.6 Å². The van der Waals surface area contributed by atoms with Gasteiger partial charge in [-0.15, -0.1) is 0 Å². The van der Waals surface area contributed by atoms with Crippen LogP contribution in [0.3, 0.4) is 0 Å². The quantitative estimate of drug-likeness (QED) is 0.697. The number of fused-ring (bicyclic) bond motifs is 1. The molecule has 27 heavy (non-hydrogen) atoms. The molecule has 1 atom stereocenters. The smallest absolute Gasteiger partial charge is 0.319 e. The number of hydrogen-bond donors (Lipinski definition) is 2. The van der Waals surface area contributed by atoms with E-state index in [9.17, 15) is 9.59 Å². The highest BCUT2D eigenvalue weighted by molar-refractivity contribution is 7.22. The van der Waals surface area contributed by atoms with Crippen LogP contribution in [0.25, 0.3) is 10.2 Å². The zero-order valence-electron chi connectivity index (χ0n) is 15.5. The Hall–Kier alpha value is -2.93. The molecule has 0 saturated carbocycles. The average Bonchev–Trinajstić information content (AvgIpc) is 3.09. The largest absolute Gasteiger partial charge is 0.326 e. The molecule has 6 nitrogen and oxygen atoms in total. The number of benzene rings is 2. The molecule has 0 aliphatic rings. The predicted octanol–water partition coefficient (Wildman–Crippen LogP) is 4.11. The van der Waals surface area contributed by atoms with Crippen LogP contribution in [0.4, 0.5) is 15.6 Å². The number of nitrogens with one attached hydrogen (secondary N) is 2. The molecule has 0 bridgehead atoms. The van der Waals surface area contributed by atoms with Crippen molar-refractivity contribution in [2.45, 2.75) is 19.9 Å². The summed E-state index contributed by atoms with van der Waals surface area (Å²) in [6.07, 6.45) is 0. The number of carbonyl (C=O) groups excluding carboxylic acids is 2. The molecular weight excluding hydrogens is 360 g/mol. The van der Waals surface area contributed by atoms with E-state index in [2.05, 4.69) is 15.6 Å². The van der Waals surface area contributed by atoms with Gasteiger partial charge in [-0.05, 0) is 30.2 Å². The highest BCUT2D eigenvalue weighted by Crippen LogP contribution is 2.28. The summed E-state index contributed by atoms with van der Waals surface area (Å²) in [5, 5.41) is 6.14. The van der Waals surface area contributed by atoms with E-state index in [4.69, 9.17) is 0 Å². The molecular formula is C20H22N4O2S. The lowest BCUT2D eigenvalue weighted by molar-refractivity contribution is -0.121. The molecule has 3 rings (SSSR count). The summed E-state index contributed by atoms with van der Waals surface area (Å²) in [6, 6.07) is 15.8. The number of likely N-dealkylation sites (N-methyl/N-ethyl adjacent to an activating group) is 1. The number of hydrogen-bond acceptors (Lipinski definition) is 4. The fraction of sp³-hybridized carbons (Fsp3) is 0.250. The van der Waals surface area contributed by atoms with Crippen molar-refractivity contribution in [3.63, 3.8) is 0 Å². The van der Waals surface area contributed by atoms with Crippen LogP contribution in [0.2, 0.25) is 0 Å². The van der Waals surface area contributed by atoms with Gasteiger partial charge in [-0.25, -0.2) is 9.78 Å². The third-order valence-corrected chi connectivity index (χ3v) is 5.26. The van der Waals surface area contributed by atoms with Gasteiger partial charge in [0, 0.05) is 12.7 Å². The molecule has 0 spiro atoms. The lowest BCUT2D eigenvalue weighted by atomic mass is 10.0. The van der Waals surface area contributed by atoms with Crippen molar-refractivity contribution in [3.05, 3.63) is 54.6 Å². The normalized spacial score (nSPS) is 12.0. The van der Waals surface area contributed by atoms with Gasteiger partial charge in [0.2, 0.25) is 0 Å². The van der Waals surface area contributed by atoms with Crippen molar-refractivity contribution >= 4 is 44.3 Å². The number of thiazole rings is 1. The van der Waals surface area contributed by atoms with E-state index in [1.54, 1.807) is 19.2 Å². The molecule has 0 saturated heterocycles. The Kier molecular flexibility index (Phi) is 5.71. The van der Waals surface area contributed by atoms with Crippen molar-refractivity contribution in [1.29, 1.82) is 0 Å². The molecule has 2 N–H and O–H groups in total. The van der Waals surface area contributed by atoms with Gasteiger partial charge < -0.3 is 10.6 Å². The maximum absolute atomic E-state index is 13.0. The Balaban J connectivity index is 1.73. The van der Waals surface area contributed by atoms with Gasteiger partial charge in [0.1, 0.15) is 6.04 Å². The number of para-hydroxylation sites is 2. The van der Waals surface area contributed by atoms with E-state index < -0.39 is 12.1 Å². The van der Waals surface area contributed by atoms with Crippen molar-refractivity contribution in [1.82, 2.24) is 10.3 Å². The number of nitrogens with zero attached hydrogens (tertiary/aromatic N) is 2. The summed E-state index contributed by atoms with van der Waals surface area (Å²) in [4.78, 5) is 31.4. The first kappa shape index (κ1) is 18.8. The van der Waals surface area contributed by atoms with Crippen LogP contribution in [0.5, 0.6) is 0 Å². The van der Waals surface area contributed by atoms with E-state index >= 15 is 0 Å². The molecule has 1 aromatic heterocycles. The van der Waals surface area contributed by atoms with Gasteiger partial charge in [0.25, 0.3) is 5.91 Å². The summed E-state index contributed by atoms with van der Waals surface area (Å²) >= 11 is 1.45. The maximum Gasteiger partial charge on any atom is 0.319 e. The van der Waals surface area contributed by atoms with Crippen LogP contribution < -0.4 is 15.5 Å². The second kappa shape index (κ2) is 8.18. The molecule has 1 heterocycles. The molecule has 0 radical (unpaired) electrons. The van der Waals surface area contributed by atoms with Crippen molar-refractivity contribution in [2.75, 3.05) is 17.3 Å². The fourth-order valence-electron chi connectivity index (χ4n) is 2.65. The number of anilines is 2. The third kappa shape index (κ3) is 4.43. The standard InChI is InChI=1S/C20H22N4O2S/c1-13(2)17(23-19(26)21-14-9-5-4-6-10-14)18(25)24(3)20-22-15-11-7-8-12-16(15)27-20/h4-13,17H,1-3H3,(H2,21,23,26). The van der Waals surface area contributed by atoms with Gasteiger partial charge in [0.05, 0.1) is 10.2 Å². The molecule has 3 amide bonds. The average molecular weight is 382 g/mol. The number of aromatic nitrogens is 1. The second-order valence-corrected chi connectivity index (χ2v) is 7.56. The minimum Gasteiger partial charge on any atom is -0.326 e. The van der Waals surface area contributed by atoms with Crippen LogP contribution in [0, 0.1) is 5.92 Å². The number of rotatable bonds is 5. The lowest BCUT2D eigenvalue weighted by Gasteiger charge is -2.25. The molecule has 0 aliphatic heterocycles. The minimum absolute atomic E-state index is 0.0733. The van der Waals surface area contributed by atoms with Gasteiger partial charge in [-0.3, -0.25) is 9.69 Å². The summed E-state index contributed by atoms with van der Waals surface area (Å²) in [5.41, 5.74) is 1.53. The number of urea groups is 1. The van der Waals surface area contributed by atoms with E-state index in [1.807, 2.05) is 56.3 Å². The summed E-state index contributed by atoms with van der Waals surface area (Å²) in [7, 11) is 1.69. The van der Waals surface area contributed by atoms with E-state index in [0.29, 0.717) is 10.8 Å². The molecule has 7 heteroatoms. The zero-order valence-corrected chi connectivity index (χ0v) is 16.3. The molecule has 0 fully saturated rings. The topological polar surface area (TPSA) is 74.3 Å². The Morgan fingerprint density at radius 3 is 2.37 bits per heavy atom. The molecule has 140 valence electrons. The second-order valence-electron chi connectivity index (χ2n) is 6.55. The van der Waals surface area contributed by atoms with Crippen LogP contribution in [-0.2, 0) is 4.79 Å². The molecule has 2 aromatic carbocycles. The molecule has 3 aromatic rings. The highest BCUT2D eigenvalue weighted by Gasteiger charge is 2.29. The Morgan fingerprint density at radius 2 is 1.70 bits per heavy atom. The first-order valence-corrected chi connectivity index (χ1v) is 9.53. The summed E-state index contributed by atoms with van der Waals surface area (Å²) in [5.74, 6) is -0.275. The van der Waals surface area contributed by atoms with Crippen LogP contribution >= 0.6 is 11.3 Å². The first-order chi connectivity index (χ1) is 13.0. The monoisotopic (exact) mass is 382 g/mol. The van der Waals surface area contributed by atoms with E-state index in [1.165, 1.54) is 16.2 Å². The van der Waals surface area contributed by atoms with Gasteiger partial charge in [-0.1, -0.05) is 55.5 Å². The fourth-order valence-corrected chi connectivity index (χ4v) is 3.58. The van der Waals surface area contributed by atoms with Crippen molar-refractivity contribution in [2.24, 2.45) is 5.92 Å². The van der Waals surface area contributed by atoms with Crippen molar-refractivity contribution < 1.29 is 9.59 Å². The molecule has 1 unspecified atom stereocenters. The summed E-state index contributed by atoms with van der Waals surface area (Å²) in [6.45, 7) is 3.80. The Labute approximate surface area is 162 Å². The predicted molar refractivity (Wildman–Crippen MR) is 110 cm³/mol. The van der Waals surface area contributed by atoms with Gasteiger partial charge in [-0.2, -0.15) is 0 Å². The first-order valence-electron chi connectivity index (χ1n) is 8.71. The van der Waals surface area contributed by atoms with Gasteiger partial charge >= 0.3 is 6.03 Å².